The zero-order valence-electron chi connectivity index (χ0n) is 12.6. The number of halogens is 3. The molecule has 2 N–H and O–H groups in total. The Balaban J connectivity index is 1.95. The Morgan fingerprint density at radius 1 is 1.12 bits per heavy atom. The molecule has 1 saturated heterocycles. The number of pyridine rings is 1. The predicted molar refractivity (Wildman–Crippen MR) is 79.4 cm³/mol. The molecule has 126 valence electrons. The molecule has 3 rings (SSSR count). The monoisotopic (exact) mass is 337 g/mol. The van der Waals surface area contributed by atoms with Crippen LogP contribution in [0.25, 0.3) is 10.8 Å². The Bertz CT molecular complexity index is 833. The van der Waals surface area contributed by atoms with Crippen LogP contribution in [0.2, 0.25) is 0 Å². The number of likely N-dealkylation sites (tertiary alicyclic amines) is 1. The minimum atomic E-state index is -1.59. The number of aromatic nitrogens is 1. The molecule has 5 nitrogen and oxygen atoms in total. The van der Waals surface area contributed by atoms with Gasteiger partial charge in [-0.1, -0.05) is 0 Å². The van der Waals surface area contributed by atoms with E-state index in [-0.39, 0.29) is 35.5 Å². The summed E-state index contributed by atoms with van der Waals surface area (Å²) < 4.78 is 40.7. The average Bonchev–Trinajstić information content (AvgIpc) is 2.59. The second-order valence-corrected chi connectivity index (χ2v) is 5.71. The van der Waals surface area contributed by atoms with Gasteiger partial charge in [0.05, 0.1) is 0 Å². The van der Waals surface area contributed by atoms with Crippen LogP contribution in [-0.2, 0) is 4.79 Å². The highest BCUT2D eigenvalue weighted by Crippen LogP contribution is 2.26. The summed E-state index contributed by atoms with van der Waals surface area (Å²) in [7, 11) is 0. The molecule has 1 aromatic heterocycles. The molecular weight excluding hydrogens is 323 g/mol. The zero-order chi connectivity index (χ0) is 17.4. The Labute approximate surface area is 135 Å². The van der Waals surface area contributed by atoms with E-state index in [1.807, 2.05) is 0 Å². The molecular formula is C16H14F3N3O2. The Kier molecular flexibility index (Phi) is 4.13. The third kappa shape index (κ3) is 2.68. The second-order valence-electron chi connectivity index (χ2n) is 5.71. The molecule has 24 heavy (non-hydrogen) atoms. The van der Waals surface area contributed by atoms with E-state index in [0.717, 1.165) is 6.07 Å². The van der Waals surface area contributed by atoms with E-state index in [1.54, 1.807) is 0 Å². The molecule has 0 aliphatic carbocycles. The molecule has 2 amide bonds. The first-order valence-electron chi connectivity index (χ1n) is 7.41. The number of carbonyl (C=O) groups excluding carboxylic acids is 2. The van der Waals surface area contributed by atoms with E-state index in [4.69, 9.17) is 5.73 Å². The van der Waals surface area contributed by atoms with Gasteiger partial charge in [-0.2, -0.15) is 0 Å². The Morgan fingerprint density at radius 3 is 2.42 bits per heavy atom. The van der Waals surface area contributed by atoms with Crippen molar-refractivity contribution in [3.8, 4) is 0 Å². The SMILES string of the molecule is NC(=O)C1CCN(C(=O)c2nccc3c(F)c(F)c(F)cc23)CC1. The van der Waals surface area contributed by atoms with Gasteiger partial charge < -0.3 is 10.6 Å². The fraction of sp³-hybridized carbons (Fsp3) is 0.312. The highest BCUT2D eigenvalue weighted by Gasteiger charge is 2.28. The van der Waals surface area contributed by atoms with Crippen LogP contribution < -0.4 is 5.73 Å². The van der Waals surface area contributed by atoms with Gasteiger partial charge in [0.1, 0.15) is 5.69 Å². The number of benzene rings is 1. The topological polar surface area (TPSA) is 76.3 Å². The van der Waals surface area contributed by atoms with Crippen LogP contribution >= 0.6 is 0 Å². The number of piperidine rings is 1. The number of hydrogen-bond acceptors (Lipinski definition) is 3. The Hall–Kier alpha value is -2.64. The number of amides is 2. The lowest BCUT2D eigenvalue weighted by atomic mass is 9.96. The van der Waals surface area contributed by atoms with Crippen molar-refractivity contribution in [1.82, 2.24) is 9.88 Å². The van der Waals surface area contributed by atoms with Crippen LogP contribution in [0.15, 0.2) is 18.3 Å². The summed E-state index contributed by atoms with van der Waals surface area (Å²) in [5.41, 5.74) is 5.10. The smallest absolute Gasteiger partial charge is 0.273 e. The summed E-state index contributed by atoms with van der Waals surface area (Å²) in [5, 5.41) is -0.296. The normalized spacial score (nSPS) is 15.7. The number of hydrogen-bond donors (Lipinski definition) is 1. The van der Waals surface area contributed by atoms with Gasteiger partial charge in [0, 0.05) is 36.0 Å². The molecule has 2 aromatic rings. The van der Waals surface area contributed by atoms with Gasteiger partial charge in [-0.15, -0.1) is 0 Å². The molecule has 0 bridgehead atoms. The number of rotatable bonds is 2. The fourth-order valence-corrected chi connectivity index (χ4v) is 2.91. The van der Waals surface area contributed by atoms with E-state index in [0.29, 0.717) is 12.8 Å². The first kappa shape index (κ1) is 16.2. The lowest BCUT2D eigenvalue weighted by molar-refractivity contribution is -0.123. The quantitative estimate of drug-likeness (QED) is 0.852. The minimum absolute atomic E-state index is 0.0871. The first-order chi connectivity index (χ1) is 11.4. The summed E-state index contributed by atoms with van der Waals surface area (Å²) in [6, 6.07) is 1.95. The second kappa shape index (κ2) is 6.10. The van der Waals surface area contributed by atoms with Crippen molar-refractivity contribution in [3.63, 3.8) is 0 Å². The maximum absolute atomic E-state index is 13.9. The van der Waals surface area contributed by atoms with Gasteiger partial charge in [0.15, 0.2) is 17.5 Å². The van der Waals surface area contributed by atoms with Gasteiger partial charge in [0.2, 0.25) is 5.91 Å². The molecule has 0 unspecified atom stereocenters. The van der Waals surface area contributed by atoms with Crippen molar-refractivity contribution in [2.24, 2.45) is 11.7 Å². The minimum Gasteiger partial charge on any atom is -0.369 e. The number of carbonyl (C=O) groups is 2. The highest BCUT2D eigenvalue weighted by atomic mass is 19.2. The highest BCUT2D eigenvalue weighted by molar-refractivity contribution is 6.05. The number of nitrogens with zero attached hydrogens (tertiary/aromatic N) is 2. The molecule has 1 fully saturated rings. The van der Waals surface area contributed by atoms with Crippen molar-refractivity contribution in [2.75, 3.05) is 13.1 Å². The van der Waals surface area contributed by atoms with Crippen molar-refractivity contribution in [1.29, 1.82) is 0 Å². The lowest BCUT2D eigenvalue weighted by Crippen LogP contribution is -2.42. The summed E-state index contributed by atoms with van der Waals surface area (Å²) >= 11 is 0. The van der Waals surface area contributed by atoms with Crippen LogP contribution in [0.1, 0.15) is 23.3 Å². The summed E-state index contributed by atoms with van der Waals surface area (Å²) in [6.45, 7) is 0.577. The third-order valence-electron chi connectivity index (χ3n) is 4.29. The Morgan fingerprint density at radius 2 is 1.79 bits per heavy atom. The van der Waals surface area contributed by atoms with E-state index in [9.17, 15) is 22.8 Å². The molecule has 2 heterocycles. The van der Waals surface area contributed by atoms with Gasteiger partial charge in [-0.25, -0.2) is 13.2 Å². The fourth-order valence-electron chi connectivity index (χ4n) is 2.91. The van der Waals surface area contributed by atoms with Crippen molar-refractivity contribution in [3.05, 3.63) is 41.5 Å². The van der Waals surface area contributed by atoms with Gasteiger partial charge in [-0.05, 0) is 25.0 Å². The van der Waals surface area contributed by atoms with E-state index < -0.39 is 29.3 Å². The lowest BCUT2D eigenvalue weighted by Gasteiger charge is -2.30. The van der Waals surface area contributed by atoms with Crippen LogP contribution in [-0.4, -0.2) is 34.8 Å². The third-order valence-corrected chi connectivity index (χ3v) is 4.29. The van der Waals surface area contributed by atoms with Crippen molar-refractivity contribution in [2.45, 2.75) is 12.8 Å². The van der Waals surface area contributed by atoms with E-state index >= 15 is 0 Å². The standard InChI is InChI=1S/C16H14F3N3O2/c17-11-7-10-9(12(18)13(11)19)1-4-21-14(10)16(24)22-5-2-8(3-6-22)15(20)23/h1,4,7-8H,2-3,5-6H2,(H2,20,23). The zero-order valence-corrected chi connectivity index (χ0v) is 12.6. The van der Waals surface area contributed by atoms with Gasteiger partial charge >= 0.3 is 0 Å². The molecule has 0 spiro atoms. The molecule has 8 heteroatoms. The molecule has 0 atom stereocenters. The van der Waals surface area contributed by atoms with Crippen LogP contribution in [0.5, 0.6) is 0 Å². The van der Waals surface area contributed by atoms with Crippen molar-refractivity contribution >= 4 is 22.6 Å². The van der Waals surface area contributed by atoms with E-state index in [1.165, 1.54) is 17.2 Å². The molecule has 1 aromatic carbocycles. The first-order valence-corrected chi connectivity index (χ1v) is 7.41. The number of fused-ring (bicyclic) bond motifs is 1. The van der Waals surface area contributed by atoms with Crippen LogP contribution in [0, 0.1) is 23.4 Å². The molecule has 1 aliphatic heterocycles. The van der Waals surface area contributed by atoms with Gasteiger partial charge in [-0.3, -0.25) is 14.6 Å². The largest absolute Gasteiger partial charge is 0.369 e. The summed E-state index contributed by atoms with van der Waals surface area (Å²) in [6.07, 6.45) is 2.01. The maximum Gasteiger partial charge on any atom is 0.273 e. The van der Waals surface area contributed by atoms with E-state index in [2.05, 4.69) is 4.98 Å². The maximum atomic E-state index is 13.9. The van der Waals surface area contributed by atoms with Crippen LogP contribution in [0.4, 0.5) is 13.2 Å². The van der Waals surface area contributed by atoms with Crippen LogP contribution in [0.3, 0.4) is 0 Å². The molecule has 0 saturated carbocycles. The average molecular weight is 337 g/mol. The molecule has 0 radical (unpaired) electrons. The summed E-state index contributed by atoms with van der Waals surface area (Å²) in [4.78, 5) is 29.1. The number of nitrogens with two attached hydrogens (primary N) is 1. The van der Waals surface area contributed by atoms with Crippen molar-refractivity contribution < 1.29 is 22.8 Å². The molecule has 1 aliphatic rings. The number of primary amides is 1. The van der Waals surface area contributed by atoms with Gasteiger partial charge in [0.25, 0.3) is 5.91 Å². The summed E-state index contributed by atoms with van der Waals surface area (Å²) in [5.74, 6) is -5.55. The predicted octanol–water partition coefficient (Wildman–Crippen LogP) is 1.99.